The molecule has 0 saturated heterocycles. The maximum Gasteiger partial charge on any atom is 0.329 e. The van der Waals surface area contributed by atoms with E-state index >= 15 is 0 Å². The molecule has 1 aliphatic rings. The van der Waals surface area contributed by atoms with Crippen LogP contribution in [0.4, 0.5) is 0 Å². The molecule has 2 amide bonds. The van der Waals surface area contributed by atoms with E-state index in [0.29, 0.717) is 11.1 Å². The SMILES string of the molecule is COC(=O)C(Cc1cccc2ccccc12)N1C(=O)c2ccccc2C1=O. The molecule has 0 radical (unpaired) electrons. The predicted molar refractivity (Wildman–Crippen MR) is 100 cm³/mol. The number of methoxy groups -OCH3 is 1. The van der Waals surface area contributed by atoms with Crippen LogP contribution in [0.25, 0.3) is 10.8 Å². The quantitative estimate of drug-likeness (QED) is 0.530. The molecule has 0 fully saturated rings. The van der Waals surface area contributed by atoms with Gasteiger partial charge in [-0.2, -0.15) is 0 Å². The lowest BCUT2D eigenvalue weighted by Gasteiger charge is -2.24. The molecule has 0 aromatic heterocycles. The number of imide groups is 1. The number of amides is 2. The van der Waals surface area contributed by atoms with Gasteiger partial charge in [-0.05, 0) is 28.5 Å². The summed E-state index contributed by atoms with van der Waals surface area (Å²) in [5.41, 5.74) is 1.50. The fraction of sp³-hybridized carbons (Fsp3) is 0.136. The van der Waals surface area contributed by atoms with Gasteiger partial charge in [0.25, 0.3) is 11.8 Å². The van der Waals surface area contributed by atoms with E-state index in [9.17, 15) is 14.4 Å². The Morgan fingerprint density at radius 1 is 0.889 bits per heavy atom. The van der Waals surface area contributed by atoms with Gasteiger partial charge in [-0.25, -0.2) is 4.79 Å². The van der Waals surface area contributed by atoms with Gasteiger partial charge in [-0.3, -0.25) is 14.5 Å². The Kier molecular flexibility index (Phi) is 4.20. The fourth-order valence-corrected chi connectivity index (χ4v) is 3.59. The second-order valence-corrected chi connectivity index (χ2v) is 6.41. The van der Waals surface area contributed by atoms with Crippen molar-refractivity contribution in [3.05, 3.63) is 83.4 Å². The largest absolute Gasteiger partial charge is 0.467 e. The van der Waals surface area contributed by atoms with E-state index in [1.807, 2.05) is 42.5 Å². The molecule has 4 rings (SSSR count). The number of benzene rings is 3. The second-order valence-electron chi connectivity index (χ2n) is 6.41. The van der Waals surface area contributed by atoms with Gasteiger partial charge in [-0.15, -0.1) is 0 Å². The molecule has 3 aromatic carbocycles. The summed E-state index contributed by atoms with van der Waals surface area (Å²) in [7, 11) is 1.26. The highest BCUT2D eigenvalue weighted by Crippen LogP contribution is 2.28. The van der Waals surface area contributed by atoms with Crippen molar-refractivity contribution in [2.45, 2.75) is 12.5 Å². The van der Waals surface area contributed by atoms with Crippen LogP contribution < -0.4 is 0 Å². The number of hydrogen-bond acceptors (Lipinski definition) is 4. The van der Waals surface area contributed by atoms with Crippen LogP contribution in [0.15, 0.2) is 66.7 Å². The molecule has 5 heteroatoms. The average molecular weight is 359 g/mol. The summed E-state index contributed by atoms with van der Waals surface area (Å²) in [5.74, 6) is -1.55. The topological polar surface area (TPSA) is 63.7 Å². The Bertz CT molecular complexity index is 1030. The van der Waals surface area contributed by atoms with Crippen molar-refractivity contribution in [2.75, 3.05) is 7.11 Å². The monoisotopic (exact) mass is 359 g/mol. The third-order valence-corrected chi connectivity index (χ3v) is 4.90. The maximum absolute atomic E-state index is 12.8. The molecular formula is C22H17NO4. The first-order chi connectivity index (χ1) is 13.1. The first kappa shape index (κ1) is 17.0. The van der Waals surface area contributed by atoms with Gasteiger partial charge in [0.2, 0.25) is 0 Å². The highest BCUT2D eigenvalue weighted by atomic mass is 16.5. The number of rotatable bonds is 4. The van der Waals surface area contributed by atoms with E-state index in [-0.39, 0.29) is 6.42 Å². The van der Waals surface area contributed by atoms with E-state index in [1.165, 1.54) is 7.11 Å². The van der Waals surface area contributed by atoms with Crippen LogP contribution in [0.1, 0.15) is 26.3 Å². The summed E-state index contributed by atoms with van der Waals surface area (Å²) >= 11 is 0. The van der Waals surface area contributed by atoms with Crippen LogP contribution in [0.5, 0.6) is 0 Å². The van der Waals surface area contributed by atoms with Gasteiger partial charge < -0.3 is 4.74 Å². The molecule has 1 unspecified atom stereocenters. The number of ether oxygens (including phenoxy) is 1. The van der Waals surface area contributed by atoms with Crippen molar-refractivity contribution >= 4 is 28.6 Å². The van der Waals surface area contributed by atoms with E-state index in [4.69, 9.17) is 4.74 Å². The Morgan fingerprint density at radius 3 is 2.15 bits per heavy atom. The number of fused-ring (bicyclic) bond motifs is 2. The lowest BCUT2D eigenvalue weighted by atomic mass is 9.98. The fourth-order valence-electron chi connectivity index (χ4n) is 3.59. The van der Waals surface area contributed by atoms with Crippen molar-refractivity contribution in [1.82, 2.24) is 4.90 Å². The zero-order valence-electron chi connectivity index (χ0n) is 14.7. The minimum absolute atomic E-state index is 0.194. The zero-order chi connectivity index (χ0) is 19.0. The van der Waals surface area contributed by atoms with Gasteiger partial charge in [0.1, 0.15) is 6.04 Å². The molecule has 0 bridgehead atoms. The summed E-state index contributed by atoms with van der Waals surface area (Å²) in [6.45, 7) is 0. The summed E-state index contributed by atoms with van der Waals surface area (Å²) in [6, 6.07) is 19.2. The lowest BCUT2D eigenvalue weighted by molar-refractivity contribution is -0.145. The second kappa shape index (κ2) is 6.68. The normalized spacial score (nSPS) is 14.3. The van der Waals surface area contributed by atoms with E-state index in [2.05, 4.69) is 0 Å². The smallest absolute Gasteiger partial charge is 0.329 e. The van der Waals surface area contributed by atoms with Crippen molar-refractivity contribution in [2.24, 2.45) is 0 Å². The summed E-state index contributed by atoms with van der Waals surface area (Å²) in [5, 5.41) is 2.01. The molecule has 1 heterocycles. The molecule has 1 atom stereocenters. The number of carbonyl (C=O) groups is 3. The van der Waals surface area contributed by atoms with Crippen LogP contribution in [0, 0.1) is 0 Å². The van der Waals surface area contributed by atoms with Crippen molar-refractivity contribution in [3.63, 3.8) is 0 Å². The van der Waals surface area contributed by atoms with Crippen LogP contribution in [0.3, 0.4) is 0 Å². The van der Waals surface area contributed by atoms with Crippen molar-refractivity contribution in [3.8, 4) is 0 Å². The first-order valence-electron chi connectivity index (χ1n) is 8.63. The maximum atomic E-state index is 12.8. The minimum atomic E-state index is -1.02. The molecule has 5 nitrogen and oxygen atoms in total. The molecule has 0 saturated carbocycles. The molecular weight excluding hydrogens is 342 g/mol. The third-order valence-electron chi connectivity index (χ3n) is 4.90. The Morgan fingerprint density at radius 2 is 1.48 bits per heavy atom. The molecule has 0 aliphatic carbocycles. The Balaban J connectivity index is 1.76. The number of esters is 1. The van der Waals surface area contributed by atoms with Crippen LogP contribution in [-0.2, 0) is 16.0 Å². The summed E-state index contributed by atoms with van der Waals surface area (Å²) in [4.78, 5) is 39.2. The Hall–Kier alpha value is -3.47. The molecule has 0 N–H and O–H groups in total. The van der Waals surface area contributed by atoms with Gasteiger partial charge in [0.15, 0.2) is 0 Å². The van der Waals surface area contributed by atoms with Crippen LogP contribution in [-0.4, -0.2) is 35.8 Å². The van der Waals surface area contributed by atoms with Crippen molar-refractivity contribution in [1.29, 1.82) is 0 Å². The number of carbonyl (C=O) groups excluding carboxylic acids is 3. The van der Waals surface area contributed by atoms with Gasteiger partial charge in [-0.1, -0.05) is 54.6 Å². The predicted octanol–water partition coefficient (Wildman–Crippen LogP) is 3.22. The number of hydrogen-bond donors (Lipinski definition) is 0. The van der Waals surface area contributed by atoms with Crippen LogP contribution in [0.2, 0.25) is 0 Å². The molecule has 134 valence electrons. The summed E-state index contributed by atoms with van der Waals surface area (Å²) in [6.07, 6.45) is 0.194. The first-order valence-corrected chi connectivity index (χ1v) is 8.63. The van der Waals surface area contributed by atoms with E-state index in [0.717, 1.165) is 21.2 Å². The van der Waals surface area contributed by atoms with Crippen molar-refractivity contribution < 1.29 is 19.1 Å². The van der Waals surface area contributed by atoms with Gasteiger partial charge in [0.05, 0.1) is 18.2 Å². The van der Waals surface area contributed by atoms with Crippen LogP contribution >= 0.6 is 0 Å². The van der Waals surface area contributed by atoms with Gasteiger partial charge in [0, 0.05) is 6.42 Å². The minimum Gasteiger partial charge on any atom is -0.467 e. The third kappa shape index (κ3) is 2.77. The molecule has 27 heavy (non-hydrogen) atoms. The molecule has 1 aliphatic heterocycles. The van der Waals surface area contributed by atoms with Gasteiger partial charge >= 0.3 is 5.97 Å². The molecule has 3 aromatic rings. The standard InChI is InChI=1S/C22H17NO4/c1-27-22(26)19(13-15-9-6-8-14-7-2-3-10-16(14)15)23-20(24)17-11-4-5-12-18(17)21(23)25/h2-12,19H,13H2,1H3. The highest BCUT2D eigenvalue weighted by molar-refractivity contribution is 6.22. The number of nitrogens with zero attached hydrogens (tertiary/aromatic N) is 1. The average Bonchev–Trinajstić information content (AvgIpc) is 2.96. The summed E-state index contributed by atoms with van der Waals surface area (Å²) < 4.78 is 4.92. The highest BCUT2D eigenvalue weighted by Gasteiger charge is 2.43. The van der Waals surface area contributed by atoms with E-state index in [1.54, 1.807) is 24.3 Å². The zero-order valence-corrected chi connectivity index (χ0v) is 14.7. The lowest BCUT2D eigenvalue weighted by Crippen LogP contribution is -2.46. The Labute approximate surface area is 156 Å². The van der Waals surface area contributed by atoms with E-state index < -0.39 is 23.8 Å². The molecule has 0 spiro atoms.